The van der Waals surface area contributed by atoms with Crippen molar-refractivity contribution in [1.82, 2.24) is 0 Å². The summed E-state index contributed by atoms with van der Waals surface area (Å²) in [5, 5.41) is 9.59. The molecule has 0 radical (unpaired) electrons. The second kappa shape index (κ2) is 4.77. The number of rotatable bonds is 4. The molecule has 1 aromatic carbocycles. The molecule has 1 atom stereocenters. The van der Waals surface area contributed by atoms with Crippen LogP contribution in [0.2, 0.25) is 0 Å². The van der Waals surface area contributed by atoms with Gasteiger partial charge in [0, 0.05) is 6.42 Å². The fourth-order valence-corrected chi connectivity index (χ4v) is 1.22. The molecule has 0 aliphatic heterocycles. The Labute approximate surface area is 83.3 Å². The Morgan fingerprint density at radius 1 is 1.43 bits per heavy atom. The lowest BCUT2D eigenvalue weighted by atomic mass is 10.0. The van der Waals surface area contributed by atoms with Gasteiger partial charge in [0.25, 0.3) is 0 Å². The molecular formula is C11H14O3. The van der Waals surface area contributed by atoms with Gasteiger partial charge in [-0.2, -0.15) is 0 Å². The number of Topliss-reactive ketones (excluding diaryl/α,β-unsaturated/α-hetero) is 1. The van der Waals surface area contributed by atoms with Crippen LogP contribution in [0.5, 0.6) is 5.75 Å². The number of hydrogen-bond acceptors (Lipinski definition) is 3. The minimum Gasteiger partial charge on any atom is -0.497 e. The first-order chi connectivity index (χ1) is 6.63. The van der Waals surface area contributed by atoms with E-state index in [1.165, 1.54) is 6.92 Å². The minimum atomic E-state index is -0.710. The number of carbonyl (C=O) groups excluding carboxylic acids is 1. The lowest BCUT2D eigenvalue weighted by Crippen LogP contribution is -2.02. The standard InChI is InChI=1S/C11H14O3/c1-8(12)7-11(13)9-3-5-10(14-2)6-4-9/h3-6,11,13H,7H2,1-2H3/t11-/m0/s1. The Morgan fingerprint density at radius 2 is 2.00 bits per heavy atom. The molecule has 76 valence electrons. The zero-order valence-electron chi connectivity index (χ0n) is 8.36. The number of ketones is 1. The Balaban J connectivity index is 2.71. The van der Waals surface area contributed by atoms with Crippen molar-refractivity contribution in [3.63, 3.8) is 0 Å². The van der Waals surface area contributed by atoms with E-state index in [-0.39, 0.29) is 12.2 Å². The zero-order chi connectivity index (χ0) is 10.6. The maximum Gasteiger partial charge on any atom is 0.132 e. The molecule has 0 spiro atoms. The van der Waals surface area contributed by atoms with Crippen LogP contribution in [0.3, 0.4) is 0 Å². The van der Waals surface area contributed by atoms with Crippen LogP contribution >= 0.6 is 0 Å². The van der Waals surface area contributed by atoms with Crippen LogP contribution in [-0.4, -0.2) is 18.0 Å². The van der Waals surface area contributed by atoms with Gasteiger partial charge in [0.05, 0.1) is 13.2 Å². The monoisotopic (exact) mass is 194 g/mol. The second-order valence-electron chi connectivity index (χ2n) is 3.20. The minimum absolute atomic E-state index is 0.0201. The number of carbonyl (C=O) groups is 1. The van der Waals surface area contributed by atoms with Crippen LogP contribution in [0.25, 0.3) is 0 Å². The molecule has 0 aliphatic rings. The van der Waals surface area contributed by atoms with E-state index in [0.29, 0.717) is 0 Å². The Kier molecular flexibility index (Phi) is 3.65. The van der Waals surface area contributed by atoms with E-state index in [1.54, 1.807) is 31.4 Å². The van der Waals surface area contributed by atoms with Gasteiger partial charge in [-0.3, -0.25) is 4.79 Å². The third-order valence-corrected chi connectivity index (χ3v) is 1.98. The topological polar surface area (TPSA) is 46.5 Å². The average molecular weight is 194 g/mol. The predicted octanol–water partition coefficient (Wildman–Crippen LogP) is 1.71. The maximum atomic E-state index is 10.8. The van der Waals surface area contributed by atoms with Crippen LogP contribution in [-0.2, 0) is 4.79 Å². The summed E-state index contributed by atoms with van der Waals surface area (Å²) in [6, 6.07) is 7.04. The molecule has 0 unspecified atom stereocenters. The summed E-state index contributed by atoms with van der Waals surface area (Å²) in [4.78, 5) is 10.8. The van der Waals surface area contributed by atoms with Crippen molar-refractivity contribution >= 4 is 5.78 Å². The number of methoxy groups -OCH3 is 1. The lowest BCUT2D eigenvalue weighted by molar-refractivity contribution is -0.118. The van der Waals surface area contributed by atoms with Gasteiger partial charge in [-0.25, -0.2) is 0 Å². The fraction of sp³-hybridized carbons (Fsp3) is 0.364. The Morgan fingerprint density at radius 3 is 2.43 bits per heavy atom. The Bertz CT molecular complexity index is 303. The molecule has 0 amide bonds. The normalized spacial score (nSPS) is 12.2. The predicted molar refractivity (Wildman–Crippen MR) is 53.3 cm³/mol. The molecule has 1 aromatic rings. The molecule has 0 saturated heterocycles. The quantitative estimate of drug-likeness (QED) is 0.793. The highest BCUT2D eigenvalue weighted by Gasteiger charge is 2.09. The van der Waals surface area contributed by atoms with Crippen LogP contribution in [0.4, 0.5) is 0 Å². The largest absolute Gasteiger partial charge is 0.497 e. The van der Waals surface area contributed by atoms with Gasteiger partial charge in [0.15, 0.2) is 0 Å². The molecule has 0 saturated carbocycles. The number of hydrogen-bond donors (Lipinski definition) is 1. The summed E-state index contributed by atoms with van der Waals surface area (Å²) in [5.74, 6) is 0.720. The molecule has 0 bridgehead atoms. The summed E-state index contributed by atoms with van der Waals surface area (Å²) in [7, 11) is 1.58. The highest BCUT2D eigenvalue weighted by Crippen LogP contribution is 2.19. The molecule has 0 fully saturated rings. The van der Waals surface area contributed by atoms with Gasteiger partial charge in [0.2, 0.25) is 0 Å². The van der Waals surface area contributed by atoms with Crippen molar-refractivity contribution in [3.8, 4) is 5.75 Å². The summed E-state index contributed by atoms with van der Waals surface area (Å²) < 4.78 is 4.98. The number of aliphatic hydroxyl groups is 1. The third-order valence-electron chi connectivity index (χ3n) is 1.98. The van der Waals surface area contributed by atoms with E-state index in [1.807, 2.05) is 0 Å². The van der Waals surface area contributed by atoms with Gasteiger partial charge in [-0.15, -0.1) is 0 Å². The third kappa shape index (κ3) is 2.85. The molecule has 0 aliphatic carbocycles. The number of aliphatic hydroxyl groups excluding tert-OH is 1. The lowest BCUT2D eigenvalue weighted by Gasteiger charge is -2.09. The van der Waals surface area contributed by atoms with Crippen molar-refractivity contribution in [2.45, 2.75) is 19.4 Å². The molecule has 0 heterocycles. The maximum absolute atomic E-state index is 10.8. The van der Waals surface area contributed by atoms with E-state index < -0.39 is 6.10 Å². The smallest absolute Gasteiger partial charge is 0.132 e. The summed E-state index contributed by atoms with van der Waals surface area (Å²) >= 11 is 0. The van der Waals surface area contributed by atoms with Crippen molar-refractivity contribution in [2.75, 3.05) is 7.11 Å². The number of benzene rings is 1. The van der Waals surface area contributed by atoms with Crippen LogP contribution in [0, 0.1) is 0 Å². The van der Waals surface area contributed by atoms with Crippen LogP contribution in [0.1, 0.15) is 25.0 Å². The molecule has 1 rings (SSSR count). The fourth-order valence-electron chi connectivity index (χ4n) is 1.22. The van der Waals surface area contributed by atoms with Gasteiger partial charge >= 0.3 is 0 Å². The van der Waals surface area contributed by atoms with E-state index >= 15 is 0 Å². The highest BCUT2D eigenvalue weighted by molar-refractivity contribution is 5.76. The van der Waals surface area contributed by atoms with Crippen molar-refractivity contribution in [2.24, 2.45) is 0 Å². The van der Waals surface area contributed by atoms with E-state index in [4.69, 9.17) is 4.74 Å². The number of ether oxygens (including phenoxy) is 1. The zero-order valence-corrected chi connectivity index (χ0v) is 8.36. The van der Waals surface area contributed by atoms with Crippen molar-refractivity contribution < 1.29 is 14.6 Å². The summed E-state index contributed by atoms with van der Waals surface area (Å²) in [5.41, 5.74) is 0.737. The first-order valence-electron chi connectivity index (χ1n) is 4.45. The highest BCUT2D eigenvalue weighted by atomic mass is 16.5. The van der Waals surface area contributed by atoms with Gasteiger partial charge < -0.3 is 9.84 Å². The van der Waals surface area contributed by atoms with Gasteiger partial charge in [-0.05, 0) is 24.6 Å². The molecule has 14 heavy (non-hydrogen) atoms. The van der Waals surface area contributed by atoms with Crippen LogP contribution < -0.4 is 4.74 Å². The SMILES string of the molecule is COc1ccc([C@@H](O)CC(C)=O)cc1. The summed E-state index contributed by atoms with van der Waals surface area (Å²) in [6.45, 7) is 1.47. The average Bonchev–Trinajstić information content (AvgIpc) is 2.17. The van der Waals surface area contributed by atoms with Gasteiger partial charge in [0.1, 0.15) is 11.5 Å². The first kappa shape index (κ1) is 10.7. The molecule has 0 aromatic heterocycles. The second-order valence-corrected chi connectivity index (χ2v) is 3.20. The first-order valence-corrected chi connectivity index (χ1v) is 4.45. The molecule has 3 heteroatoms. The summed E-state index contributed by atoms with van der Waals surface area (Å²) in [6.07, 6.45) is -0.551. The van der Waals surface area contributed by atoms with Crippen molar-refractivity contribution in [3.05, 3.63) is 29.8 Å². The Hall–Kier alpha value is -1.35. The molecule has 3 nitrogen and oxygen atoms in total. The van der Waals surface area contributed by atoms with E-state index in [0.717, 1.165) is 11.3 Å². The van der Waals surface area contributed by atoms with Gasteiger partial charge in [-0.1, -0.05) is 12.1 Å². The van der Waals surface area contributed by atoms with Crippen molar-refractivity contribution in [1.29, 1.82) is 0 Å². The van der Waals surface area contributed by atoms with Crippen LogP contribution in [0.15, 0.2) is 24.3 Å². The van der Waals surface area contributed by atoms with E-state index in [9.17, 15) is 9.90 Å². The van der Waals surface area contributed by atoms with E-state index in [2.05, 4.69) is 0 Å². The molecule has 1 N–H and O–H groups in total. The molecular weight excluding hydrogens is 180 g/mol.